The molecule has 0 unspecified atom stereocenters. The van der Waals surface area contributed by atoms with E-state index in [0.717, 1.165) is 18.8 Å². The summed E-state index contributed by atoms with van der Waals surface area (Å²) in [6, 6.07) is 0. The van der Waals surface area contributed by atoms with Crippen LogP contribution in [-0.4, -0.2) is 5.91 Å². The lowest BCUT2D eigenvalue weighted by Crippen LogP contribution is -2.12. The summed E-state index contributed by atoms with van der Waals surface area (Å²) in [5, 5.41) is 0. The van der Waals surface area contributed by atoms with E-state index >= 15 is 0 Å². The Labute approximate surface area is 87.6 Å². The lowest BCUT2D eigenvalue weighted by Gasteiger charge is -2.04. The average molecular weight is 197 g/mol. The second-order valence-corrected chi connectivity index (χ2v) is 4.31. The van der Waals surface area contributed by atoms with Crippen molar-refractivity contribution in [3.8, 4) is 0 Å². The standard InChI is InChI=1S/C12H23NO/c1-10(2)8-6-4-5-7-9-11(3)12(13)14/h10H,3-9H2,1-2H3,(H2,13,14). The molecule has 0 aromatic rings. The molecular formula is C12H23NO. The summed E-state index contributed by atoms with van der Waals surface area (Å²) in [6.07, 6.45) is 6.83. The maximum absolute atomic E-state index is 10.6. The van der Waals surface area contributed by atoms with Gasteiger partial charge in [-0.1, -0.05) is 46.1 Å². The zero-order valence-electron chi connectivity index (χ0n) is 9.51. The molecule has 2 N–H and O–H groups in total. The molecule has 2 heteroatoms. The minimum absolute atomic E-state index is 0.354. The molecule has 0 fully saturated rings. The Morgan fingerprint density at radius 1 is 1.21 bits per heavy atom. The van der Waals surface area contributed by atoms with Crippen LogP contribution in [0.1, 0.15) is 52.4 Å². The first-order valence-corrected chi connectivity index (χ1v) is 5.51. The highest BCUT2D eigenvalue weighted by atomic mass is 16.1. The lowest BCUT2D eigenvalue weighted by molar-refractivity contribution is -0.114. The molecule has 0 rings (SSSR count). The molecule has 0 radical (unpaired) electrons. The van der Waals surface area contributed by atoms with Crippen molar-refractivity contribution >= 4 is 5.91 Å². The van der Waals surface area contributed by atoms with E-state index in [-0.39, 0.29) is 5.91 Å². The maximum Gasteiger partial charge on any atom is 0.244 e. The molecule has 0 aliphatic rings. The first-order valence-electron chi connectivity index (χ1n) is 5.51. The topological polar surface area (TPSA) is 43.1 Å². The van der Waals surface area contributed by atoms with Gasteiger partial charge in [0.1, 0.15) is 0 Å². The molecule has 0 aliphatic carbocycles. The molecule has 2 nitrogen and oxygen atoms in total. The third-order valence-corrected chi connectivity index (χ3v) is 2.36. The van der Waals surface area contributed by atoms with E-state index in [1.54, 1.807) is 0 Å². The Morgan fingerprint density at radius 2 is 1.79 bits per heavy atom. The third-order valence-electron chi connectivity index (χ3n) is 2.36. The largest absolute Gasteiger partial charge is 0.366 e. The van der Waals surface area contributed by atoms with Crippen molar-refractivity contribution in [3.05, 3.63) is 12.2 Å². The Balaban J connectivity index is 3.22. The average Bonchev–Trinajstić information content (AvgIpc) is 2.09. The Bertz CT molecular complexity index is 185. The summed E-state index contributed by atoms with van der Waals surface area (Å²) < 4.78 is 0. The van der Waals surface area contributed by atoms with Crippen LogP contribution < -0.4 is 5.73 Å². The van der Waals surface area contributed by atoms with Crippen molar-refractivity contribution in [2.75, 3.05) is 0 Å². The number of rotatable bonds is 8. The van der Waals surface area contributed by atoms with E-state index in [4.69, 9.17) is 5.73 Å². The first-order chi connectivity index (χ1) is 6.54. The summed E-state index contributed by atoms with van der Waals surface area (Å²) in [4.78, 5) is 10.6. The van der Waals surface area contributed by atoms with Crippen molar-refractivity contribution in [2.45, 2.75) is 52.4 Å². The quantitative estimate of drug-likeness (QED) is 0.471. The fourth-order valence-electron chi connectivity index (χ4n) is 1.37. The Morgan fingerprint density at radius 3 is 2.29 bits per heavy atom. The van der Waals surface area contributed by atoms with Gasteiger partial charge in [-0.2, -0.15) is 0 Å². The normalized spacial score (nSPS) is 10.5. The molecular weight excluding hydrogens is 174 g/mol. The van der Waals surface area contributed by atoms with Gasteiger partial charge in [-0.05, 0) is 18.8 Å². The second kappa shape index (κ2) is 7.60. The van der Waals surface area contributed by atoms with Crippen LogP contribution >= 0.6 is 0 Å². The number of hydrogen-bond donors (Lipinski definition) is 1. The lowest BCUT2D eigenvalue weighted by atomic mass is 10.0. The van der Waals surface area contributed by atoms with E-state index in [9.17, 15) is 4.79 Å². The monoisotopic (exact) mass is 197 g/mol. The van der Waals surface area contributed by atoms with Gasteiger partial charge in [-0.15, -0.1) is 0 Å². The number of carbonyl (C=O) groups excluding carboxylic acids is 1. The highest BCUT2D eigenvalue weighted by Gasteiger charge is 2.00. The Kier molecular flexibility index (Phi) is 7.17. The second-order valence-electron chi connectivity index (χ2n) is 4.31. The molecule has 0 aromatic carbocycles. The molecule has 14 heavy (non-hydrogen) atoms. The van der Waals surface area contributed by atoms with E-state index in [0.29, 0.717) is 5.57 Å². The predicted octanol–water partition coefficient (Wildman–Crippen LogP) is 3.02. The molecule has 0 aliphatic heterocycles. The van der Waals surface area contributed by atoms with E-state index in [1.165, 1.54) is 25.7 Å². The molecule has 0 atom stereocenters. The van der Waals surface area contributed by atoms with Crippen LogP contribution in [0, 0.1) is 5.92 Å². The van der Waals surface area contributed by atoms with Gasteiger partial charge in [0.2, 0.25) is 5.91 Å². The van der Waals surface area contributed by atoms with E-state index in [1.807, 2.05) is 0 Å². The van der Waals surface area contributed by atoms with Crippen LogP contribution in [0.15, 0.2) is 12.2 Å². The van der Waals surface area contributed by atoms with Gasteiger partial charge in [0.15, 0.2) is 0 Å². The van der Waals surface area contributed by atoms with Crippen molar-refractivity contribution in [2.24, 2.45) is 11.7 Å². The molecule has 0 saturated heterocycles. The summed E-state index contributed by atoms with van der Waals surface area (Å²) in [6.45, 7) is 8.12. The molecule has 0 aromatic heterocycles. The number of primary amides is 1. The number of hydrogen-bond acceptors (Lipinski definition) is 1. The van der Waals surface area contributed by atoms with E-state index in [2.05, 4.69) is 20.4 Å². The van der Waals surface area contributed by atoms with Crippen molar-refractivity contribution in [1.82, 2.24) is 0 Å². The van der Waals surface area contributed by atoms with Gasteiger partial charge >= 0.3 is 0 Å². The van der Waals surface area contributed by atoms with Gasteiger partial charge in [0.25, 0.3) is 0 Å². The molecule has 1 amide bonds. The minimum atomic E-state index is -0.354. The van der Waals surface area contributed by atoms with Crippen molar-refractivity contribution < 1.29 is 4.79 Å². The first kappa shape index (κ1) is 13.2. The van der Waals surface area contributed by atoms with Gasteiger partial charge in [0.05, 0.1) is 0 Å². The van der Waals surface area contributed by atoms with Crippen LogP contribution in [0.25, 0.3) is 0 Å². The molecule has 0 spiro atoms. The fourth-order valence-corrected chi connectivity index (χ4v) is 1.37. The van der Waals surface area contributed by atoms with Crippen LogP contribution in [0.2, 0.25) is 0 Å². The highest BCUT2D eigenvalue weighted by molar-refractivity contribution is 5.91. The molecule has 0 bridgehead atoms. The fraction of sp³-hybridized carbons (Fsp3) is 0.750. The molecule has 0 saturated carbocycles. The molecule has 0 heterocycles. The predicted molar refractivity (Wildman–Crippen MR) is 60.9 cm³/mol. The third kappa shape index (κ3) is 7.84. The maximum atomic E-state index is 10.6. The summed E-state index contributed by atoms with van der Waals surface area (Å²) >= 11 is 0. The smallest absolute Gasteiger partial charge is 0.244 e. The van der Waals surface area contributed by atoms with Crippen LogP contribution in [0.4, 0.5) is 0 Å². The van der Waals surface area contributed by atoms with Crippen LogP contribution in [-0.2, 0) is 4.79 Å². The Hall–Kier alpha value is -0.790. The molecule has 82 valence electrons. The van der Waals surface area contributed by atoms with Gasteiger partial charge in [-0.3, -0.25) is 4.79 Å². The minimum Gasteiger partial charge on any atom is -0.366 e. The van der Waals surface area contributed by atoms with Crippen LogP contribution in [0.5, 0.6) is 0 Å². The van der Waals surface area contributed by atoms with Crippen LogP contribution in [0.3, 0.4) is 0 Å². The van der Waals surface area contributed by atoms with Gasteiger partial charge < -0.3 is 5.73 Å². The summed E-state index contributed by atoms with van der Waals surface area (Å²) in [5.41, 5.74) is 5.64. The van der Waals surface area contributed by atoms with Crippen molar-refractivity contribution in [1.29, 1.82) is 0 Å². The summed E-state index contributed by atoms with van der Waals surface area (Å²) in [7, 11) is 0. The number of amides is 1. The van der Waals surface area contributed by atoms with Crippen molar-refractivity contribution in [3.63, 3.8) is 0 Å². The number of nitrogens with two attached hydrogens (primary N) is 1. The van der Waals surface area contributed by atoms with E-state index < -0.39 is 0 Å². The zero-order valence-corrected chi connectivity index (χ0v) is 9.51. The SMILES string of the molecule is C=C(CCCCCCC(C)C)C(N)=O. The number of carbonyl (C=O) groups is 1. The highest BCUT2D eigenvalue weighted by Crippen LogP contribution is 2.12. The zero-order chi connectivity index (χ0) is 11.0. The van der Waals surface area contributed by atoms with Gasteiger partial charge in [0, 0.05) is 5.57 Å². The van der Waals surface area contributed by atoms with Gasteiger partial charge in [-0.25, -0.2) is 0 Å². The number of unbranched alkanes of at least 4 members (excludes halogenated alkanes) is 3. The summed E-state index contributed by atoms with van der Waals surface area (Å²) in [5.74, 6) is 0.447.